The molecule has 0 aliphatic rings. The Hall–Kier alpha value is -2.58. The molecular formula is C41H60O2. The fourth-order valence-electron chi connectivity index (χ4n) is 5.85. The van der Waals surface area contributed by atoms with E-state index in [-0.39, 0.29) is 6.10 Å². The van der Waals surface area contributed by atoms with Gasteiger partial charge in [-0.3, -0.25) is 0 Å². The van der Waals surface area contributed by atoms with Crippen LogP contribution in [0.2, 0.25) is 0 Å². The van der Waals surface area contributed by atoms with Crippen LogP contribution in [-0.4, -0.2) is 13.2 Å². The van der Waals surface area contributed by atoms with E-state index in [0.717, 1.165) is 31.8 Å². The summed E-state index contributed by atoms with van der Waals surface area (Å²) in [5.41, 5.74) is 6.21. The van der Waals surface area contributed by atoms with Gasteiger partial charge in [-0.1, -0.05) is 171 Å². The van der Waals surface area contributed by atoms with Crippen LogP contribution < -0.4 is 4.74 Å². The molecule has 0 saturated heterocycles. The van der Waals surface area contributed by atoms with Crippen LogP contribution in [0.1, 0.15) is 142 Å². The van der Waals surface area contributed by atoms with Crippen molar-refractivity contribution in [3.8, 4) is 28.0 Å². The minimum Gasteiger partial charge on any atom is -0.494 e. The van der Waals surface area contributed by atoms with Crippen LogP contribution in [0.4, 0.5) is 0 Å². The smallest absolute Gasteiger partial charge is 0.119 e. The first-order chi connectivity index (χ1) is 21.2. The maximum Gasteiger partial charge on any atom is 0.119 e. The van der Waals surface area contributed by atoms with Crippen molar-refractivity contribution in [2.24, 2.45) is 0 Å². The molecule has 2 nitrogen and oxygen atoms in total. The highest BCUT2D eigenvalue weighted by molar-refractivity contribution is 5.83. The standard InChI is InChI=1S/C41H60O2/c1-4-6-8-10-12-14-16-17-21-33-42-35(3)36-25-27-37(28-26-36)40-23-19-20-24-41(40)38-29-31-39(32-30-38)43-34-22-18-15-13-11-9-7-5-2/h19-20,23-32,35H,4-18,21-22,33-34H2,1-3H3. The van der Waals surface area contributed by atoms with Crippen LogP contribution in [0.15, 0.2) is 72.8 Å². The first-order valence-electron chi connectivity index (χ1n) is 17.8. The van der Waals surface area contributed by atoms with Crippen molar-refractivity contribution in [3.05, 3.63) is 78.4 Å². The lowest BCUT2D eigenvalue weighted by molar-refractivity contribution is 0.0627. The summed E-state index contributed by atoms with van der Waals surface area (Å²) in [6.07, 6.45) is 22.8. The summed E-state index contributed by atoms with van der Waals surface area (Å²) in [5, 5.41) is 0. The van der Waals surface area contributed by atoms with Crippen molar-refractivity contribution in [3.63, 3.8) is 0 Å². The molecule has 0 aromatic heterocycles. The number of hydrogen-bond donors (Lipinski definition) is 0. The monoisotopic (exact) mass is 584 g/mol. The maximum absolute atomic E-state index is 6.19. The lowest BCUT2D eigenvalue weighted by Gasteiger charge is -2.15. The molecule has 0 saturated carbocycles. The molecule has 0 aliphatic heterocycles. The van der Waals surface area contributed by atoms with Gasteiger partial charge in [-0.15, -0.1) is 0 Å². The van der Waals surface area contributed by atoms with Crippen LogP contribution in [-0.2, 0) is 4.74 Å². The fraction of sp³-hybridized carbons (Fsp3) is 0.561. The van der Waals surface area contributed by atoms with Gasteiger partial charge in [0, 0.05) is 6.61 Å². The minimum absolute atomic E-state index is 0.122. The zero-order valence-electron chi connectivity index (χ0n) is 27.8. The van der Waals surface area contributed by atoms with E-state index in [0.29, 0.717) is 0 Å². The molecule has 1 unspecified atom stereocenters. The molecule has 0 N–H and O–H groups in total. The summed E-state index contributed by atoms with van der Waals surface area (Å²) >= 11 is 0. The zero-order chi connectivity index (χ0) is 30.4. The topological polar surface area (TPSA) is 18.5 Å². The van der Waals surface area contributed by atoms with E-state index in [2.05, 4.69) is 93.6 Å². The Morgan fingerprint density at radius 1 is 0.465 bits per heavy atom. The summed E-state index contributed by atoms with van der Waals surface area (Å²) in [4.78, 5) is 0. The molecule has 0 aliphatic carbocycles. The fourth-order valence-corrected chi connectivity index (χ4v) is 5.85. The number of hydrogen-bond acceptors (Lipinski definition) is 2. The number of benzene rings is 3. The van der Waals surface area contributed by atoms with Gasteiger partial charge >= 0.3 is 0 Å². The van der Waals surface area contributed by atoms with E-state index in [1.807, 2.05) is 0 Å². The van der Waals surface area contributed by atoms with E-state index in [9.17, 15) is 0 Å². The largest absolute Gasteiger partial charge is 0.494 e. The van der Waals surface area contributed by atoms with Gasteiger partial charge in [0.15, 0.2) is 0 Å². The average Bonchev–Trinajstić information content (AvgIpc) is 3.05. The molecule has 0 bridgehead atoms. The van der Waals surface area contributed by atoms with Crippen molar-refractivity contribution in [2.75, 3.05) is 13.2 Å². The minimum atomic E-state index is 0.122. The third-order valence-electron chi connectivity index (χ3n) is 8.67. The van der Waals surface area contributed by atoms with Crippen LogP contribution in [0.5, 0.6) is 5.75 Å². The van der Waals surface area contributed by atoms with Crippen LogP contribution in [0.25, 0.3) is 22.3 Å². The second kappa shape index (κ2) is 22.0. The van der Waals surface area contributed by atoms with Gasteiger partial charge in [0.1, 0.15) is 5.75 Å². The normalized spacial score (nSPS) is 12.0. The van der Waals surface area contributed by atoms with Gasteiger partial charge in [-0.05, 0) is 59.7 Å². The number of unbranched alkanes of at least 4 members (excludes halogenated alkanes) is 15. The van der Waals surface area contributed by atoms with Crippen molar-refractivity contribution in [1.29, 1.82) is 0 Å². The highest BCUT2D eigenvalue weighted by Crippen LogP contribution is 2.33. The SMILES string of the molecule is CCCCCCCCCCCOC(C)c1ccc(-c2ccccc2-c2ccc(OCCCCCCCCCC)cc2)cc1. The second-order valence-corrected chi connectivity index (χ2v) is 12.4. The van der Waals surface area contributed by atoms with E-state index in [4.69, 9.17) is 9.47 Å². The van der Waals surface area contributed by atoms with Crippen molar-refractivity contribution >= 4 is 0 Å². The van der Waals surface area contributed by atoms with Gasteiger partial charge in [-0.25, -0.2) is 0 Å². The lowest BCUT2D eigenvalue weighted by Crippen LogP contribution is -2.02. The molecule has 0 amide bonds. The third-order valence-corrected chi connectivity index (χ3v) is 8.67. The Morgan fingerprint density at radius 2 is 0.884 bits per heavy atom. The third kappa shape index (κ3) is 13.7. The molecule has 43 heavy (non-hydrogen) atoms. The summed E-state index contributed by atoms with van der Waals surface area (Å²) < 4.78 is 12.2. The molecule has 3 rings (SSSR count). The Labute approximate surface area is 264 Å². The highest BCUT2D eigenvalue weighted by atomic mass is 16.5. The molecule has 3 aromatic rings. The molecule has 0 heterocycles. The van der Waals surface area contributed by atoms with Crippen molar-refractivity contribution in [1.82, 2.24) is 0 Å². The predicted molar refractivity (Wildman–Crippen MR) is 187 cm³/mol. The Morgan fingerprint density at radius 3 is 1.37 bits per heavy atom. The highest BCUT2D eigenvalue weighted by Gasteiger charge is 2.10. The molecule has 3 aromatic carbocycles. The summed E-state index contributed by atoms with van der Waals surface area (Å²) in [6.45, 7) is 8.38. The van der Waals surface area contributed by atoms with Crippen molar-refractivity contribution in [2.45, 2.75) is 136 Å². The van der Waals surface area contributed by atoms with Crippen molar-refractivity contribution < 1.29 is 9.47 Å². The Balaban J connectivity index is 1.42. The van der Waals surface area contributed by atoms with E-state index in [1.165, 1.54) is 124 Å². The summed E-state index contributed by atoms with van der Waals surface area (Å²) in [5.74, 6) is 0.963. The average molecular weight is 585 g/mol. The maximum atomic E-state index is 6.19. The van der Waals surface area contributed by atoms with E-state index < -0.39 is 0 Å². The number of ether oxygens (including phenoxy) is 2. The van der Waals surface area contributed by atoms with E-state index >= 15 is 0 Å². The van der Waals surface area contributed by atoms with Crippen LogP contribution in [0.3, 0.4) is 0 Å². The molecule has 0 fully saturated rings. The van der Waals surface area contributed by atoms with Gasteiger partial charge < -0.3 is 9.47 Å². The quantitative estimate of drug-likeness (QED) is 0.0975. The lowest BCUT2D eigenvalue weighted by atomic mass is 9.94. The van der Waals surface area contributed by atoms with Crippen LogP contribution in [0, 0.1) is 0 Å². The molecule has 1 atom stereocenters. The van der Waals surface area contributed by atoms with E-state index in [1.54, 1.807) is 0 Å². The first-order valence-corrected chi connectivity index (χ1v) is 17.8. The van der Waals surface area contributed by atoms with Gasteiger partial charge in [0.2, 0.25) is 0 Å². The first kappa shape index (κ1) is 34.9. The zero-order valence-corrected chi connectivity index (χ0v) is 27.8. The predicted octanol–water partition coefficient (Wildman–Crippen LogP) is 13.1. The van der Waals surface area contributed by atoms with Gasteiger partial charge in [0.05, 0.1) is 12.7 Å². The Bertz CT molecular complexity index is 1090. The Kier molecular flexibility index (Phi) is 17.9. The molecule has 0 spiro atoms. The molecule has 236 valence electrons. The van der Waals surface area contributed by atoms with Gasteiger partial charge in [-0.2, -0.15) is 0 Å². The molecule has 2 heteroatoms. The molecule has 0 radical (unpaired) electrons. The molecular weight excluding hydrogens is 524 g/mol. The van der Waals surface area contributed by atoms with Crippen LogP contribution >= 0.6 is 0 Å². The summed E-state index contributed by atoms with van der Waals surface area (Å²) in [7, 11) is 0. The second-order valence-electron chi connectivity index (χ2n) is 12.4. The van der Waals surface area contributed by atoms with Gasteiger partial charge in [0.25, 0.3) is 0 Å². The number of rotatable bonds is 24. The summed E-state index contributed by atoms with van der Waals surface area (Å²) in [6, 6.07) is 26.3.